The van der Waals surface area contributed by atoms with Crippen molar-refractivity contribution in [2.45, 2.75) is 25.5 Å². The van der Waals surface area contributed by atoms with Gasteiger partial charge in [-0.25, -0.2) is 0 Å². The van der Waals surface area contributed by atoms with Gasteiger partial charge in [-0.1, -0.05) is 42.1 Å². The van der Waals surface area contributed by atoms with Gasteiger partial charge in [-0.3, -0.25) is 25.2 Å². The first-order valence-electron chi connectivity index (χ1n) is 7.73. The molecular weight excluding hydrogens is 358 g/mol. The zero-order valence-electron chi connectivity index (χ0n) is 14.4. The van der Waals surface area contributed by atoms with Crippen LogP contribution in [0.2, 0.25) is 0 Å². The minimum atomic E-state index is -0.623. The van der Waals surface area contributed by atoms with Crippen LogP contribution in [-0.4, -0.2) is 44.9 Å². The van der Waals surface area contributed by atoms with Crippen LogP contribution in [0.3, 0.4) is 0 Å². The summed E-state index contributed by atoms with van der Waals surface area (Å²) in [5.41, 5.74) is 5.30. The molecule has 2 amide bonds. The topological polar surface area (TPSA) is 115 Å². The van der Waals surface area contributed by atoms with Gasteiger partial charge in [-0.15, -0.1) is 10.2 Å². The van der Waals surface area contributed by atoms with Crippen LogP contribution in [0, 0.1) is 6.92 Å². The van der Waals surface area contributed by atoms with Crippen LogP contribution in [0.1, 0.15) is 18.3 Å². The SMILES string of the molecule is CC(=O)NNC(=O)COC(=O)CSc1nnc(C)n1Cc1ccccc1. The summed E-state index contributed by atoms with van der Waals surface area (Å²) in [6.45, 7) is 3.20. The minimum Gasteiger partial charge on any atom is -0.455 e. The van der Waals surface area contributed by atoms with Crippen LogP contribution >= 0.6 is 11.8 Å². The van der Waals surface area contributed by atoms with Crippen molar-refractivity contribution in [3.63, 3.8) is 0 Å². The molecule has 0 saturated heterocycles. The van der Waals surface area contributed by atoms with E-state index in [4.69, 9.17) is 4.74 Å². The number of ether oxygens (including phenoxy) is 1. The first kappa shape index (κ1) is 19.4. The number of nitrogens with one attached hydrogen (secondary N) is 2. The van der Waals surface area contributed by atoms with Gasteiger partial charge in [-0.2, -0.15) is 0 Å². The predicted octanol–water partition coefficient (Wildman–Crippen LogP) is 0.437. The molecule has 0 aliphatic rings. The lowest BCUT2D eigenvalue weighted by Gasteiger charge is -2.09. The Kier molecular flexibility index (Phi) is 7.15. The summed E-state index contributed by atoms with van der Waals surface area (Å²) in [6, 6.07) is 9.83. The smallest absolute Gasteiger partial charge is 0.316 e. The van der Waals surface area contributed by atoms with Crippen LogP contribution in [0.25, 0.3) is 0 Å². The van der Waals surface area contributed by atoms with E-state index >= 15 is 0 Å². The minimum absolute atomic E-state index is 0.0136. The molecule has 0 unspecified atom stereocenters. The summed E-state index contributed by atoms with van der Waals surface area (Å²) in [6.07, 6.45) is 0. The number of esters is 1. The van der Waals surface area contributed by atoms with E-state index in [1.807, 2.05) is 41.8 Å². The predicted molar refractivity (Wildman–Crippen MR) is 93.9 cm³/mol. The standard InChI is InChI=1S/C16H19N5O4S/c1-11-17-20-16(21(11)8-13-6-4-3-5-7-13)26-10-15(24)25-9-14(23)19-18-12(2)22/h3-7H,8-10H2,1-2H3,(H,18,22)(H,19,23). The average Bonchev–Trinajstić information content (AvgIpc) is 2.97. The monoisotopic (exact) mass is 377 g/mol. The second-order valence-corrected chi connectivity index (χ2v) is 6.22. The molecule has 0 radical (unpaired) electrons. The Labute approximate surface area is 154 Å². The van der Waals surface area contributed by atoms with Gasteiger partial charge in [0.15, 0.2) is 11.8 Å². The molecule has 26 heavy (non-hydrogen) atoms. The zero-order chi connectivity index (χ0) is 18.9. The maximum atomic E-state index is 11.8. The van der Waals surface area contributed by atoms with Crippen LogP contribution in [0.5, 0.6) is 0 Å². The first-order valence-corrected chi connectivity index (χ1v) is 8.72. The summed E-state index contributed by atoms with van der Waals surface area (Å²) in [4.78, 5) is 33.8. The number of benzene rings is 1. The number of hydrazine groups is 1. The first-order chi connectivity index (χ1) is 12.5. The van der Waals surface area contributed by atoms with Gasteiger partial charge in [0, 0.05) is 6.92 Å². The molecule has 0 aliphatic carbocycles. The third kappa shape index (κ3) is 6.20. The third-order valence-corrected chi connectivity index (χ3v) is 4.09. The summed E-state index contributed by atoms with van der Waals surface area (Å²) >= 11 is 1.18. The van der Waals surface area contributed by atoms with Crippen molar-refractivity contribution in [3.05, 3.63) is 41.7 Å². The van der Waals surface area contributed by atoms with E-state index < -0.39 is 24.4 Å². The van der Waals surface area contributed by atoms with Crippen molar-refractivity contribution in [2.75, 3.05) is 12.4 Å². The molecule has 2 rings (SSSR count). The van der Waals surface area contributed by atoms with Gasteiger partial charge in [0.05, 0.1) is 12.3 Å². The second-order valence-electron chi connectivity index (χ2n) is 5.28. The van der Waals surface area contributed by atoms with Crippen LogP contribution in [0.4, 0.5) is 0 Å². The van der Waals surface area contributed by atoms with E-state index in [9.17, 15) is 14.4 Å². The van der Waals surface area contributed by atoms with Gasteiger partial charge in [0.2, 0.25) is 5.91 Å². The highest BCUT2D eigenvalue weighted by molar-refractivity contribution is 7.99. The maximum Gasteiger partial charge on any atom is 0.316 e. The zero-order valence-corrected chi connectivity index (χ0v) is 15.2. The van der Waals surface area contributed by atoms with E-state index in [-0.39, 0.29) is 5.75 Å². The van der Waals surface area contributed by atoms with Crippen LogP contribution in [-0.2, 0) is 25.7 Å². The lowest BCUT2D eigenvalue weighted by molar-refractivity contribution is -0.146. The lowest BCUT2D eigenvalue weighted by Crippen LogP contribution is -2.42. The number of carbonyl (C=O) groups excluding carboxylic acids is 3. The van der Waals surface area contributed by atoms with Gasteiger partial charge in [0.1, 0.15) is 5.82 Å². The average molecular weight is 377 g/mol. The highest BCUT2D eigenvalue weighted by Gasteiger charge is 2.14. The third-order valence-electron chi connectivity index (χ3n) is 3.15. The molecule has 0 bridgehead atoms. The molecule has 138 valence electrons. The molecular formula is C16H19N5O4S. The molecule has 2 N–H and O–H groups in total. The molecule has 1 aromatic heterocycles. The van der Waals surface area contributed by atoms with Gasteiger partial charge < -0.3 is 9.30 Å². The number of hydrogen-bond donors (Lipinski definition) is 2. The highest BCUT2D eigenvalue weighted by atomic mass is 32.2. The van der Waals surface area contributed by atoms with Gasteiger partial charge in [-0.05, 0) is 12.5 Å². The number of aryl methyl sites for hydroxylation is 1. The molecule has 0 saturated carbocycles. The highest BCUT2D eigenvalue weighted by Crippen LogP contribution is 2.18. The Hall–Kier alpha value is -2.88. The summed E-state index contributed by atoms with van der Waals surface area (Å²) in [5, 5.41) is 8.70. The number of amides is 2. The van der Waals surface area contributed by atoms with Crippen molar-refractivity contribution in [1.82, 2.24) is 25.6 Å². The molecule has 0 aliphatic heterocycles. The van der Waals surface area contributed by atoms with Crippen molar-refractivity contribution < 1.29 is 19.1 Å². The Morgan fingerprint density at radius 1 is 1.15 bits per heavy atom. The molecule has 1 aromatic carbocycles. The van der Waals surface area contributed by atoms with Gasteiger partial charge in [0.25, 0.3) is 5.91 Å². The van der Waals surface area contributed by atoms with E-state index in [2.05, 4.69) is 21.0 Å². The van der Waals surface area contributed by atoms with E-state index in [0.717, 1.165) is 11.4 Å². The van der Waals surface area contributed by atoms with Crippen LogP contribution in [0.15, 0.2) is 35.5 Å². The molecule has 2 aromatic rings. The fourth-order valence-electron chi connectivity index (χ4n) is 1.92. The second kappa shape index (κ2) is 9.56. The van der Waals surface area contributed by atoms with Crippen molar-refractivity contribution in [3.8, 4) is 0 Å². The molecule has 0 atom stereocenters. The lowest BCUT2D eigenvalue weighted by atomic mass is 10.2. The fourth-order valence-corrected chi connectivity index (χ4v) is 2.70. The number of hydrogen-bond acceptors (Lipinski definition) is 7. The number of nitrogens with zero attached hydrogens (tertiary/aromatic N) is 3. The van der Waals surface area contributed by atoms with Crippen LogP contribution < -0.4 is 10.9 Å². The van der Waals surface area contributed by atoms with E-state index in [0.29, 0.717) is 11.7 Å². The Morgan fingerprint density at radius 2 is 1.88 bits per heavy atom. The number of carbonyl (C=O) groups is 3. The largest absolute Gasteiger partial charge is 0.455 e. The number of rotatable bonds is 7. The Morgan fingerprint density at radius 3 is 2.58 bits per heavy atom. The van der Waals surface area contributed by atoms with E-state index in [1.54, 1.807) is 0 Å². The molecule has 1 heterocycles. The normalized spacial score (nSPS) is 10.2. The molecule has 0 spiro atoms. The van der Waals surface area contributed by atoms with Crippen molar-refractivity contribution in [1.29, 1.82) is 0 Å². The summed E-state index contributed by atoms with van der Waals surface area (Å²) in [5.74, 6) is -0.894. The van der Waals surface area contributed by atoms with Gasteiger partial charge >= 0.3 is 5.97 Å². The number of thioether (sulfide) groups is 1. The quantitative estimate of drug-likeness (QED) is 0.409. The summed E-state index contributed by atoms with van der Waals surface area (Å²) < 4.78 is 6.74. The summed E-state index contributed by atoms with van der Waals surface area (Å²) in [7, 11) is 0. The maximum absolute atomic E-state index is 11.8. The molecule has 9 nitrogen and oxygen atoms in total. The van der Waals surface area contributed by atoms with Crippen molar-refractivity contribution >= 4 is 29.5 Å². The number of aromatic nitrogens is 3. The fraction of sp³-hybridized carbons (Fsp3) is 0.312. The Bertz CT molecular complexity index is 778. The van der Waals surface area contributed by atoms with E-state index in [1.165, 1.54) is 18.7 Å². The Balaban J connectivity index is 1.83. The molecule has 0 fully saturated rings. The molecule has 10 heteroatoms. The van der Waals surface area contributed by atoms with Crippen molar-refractivity contribution in [2.24, 2.45) is 0 Å².